The Bertz CT molecular complexity index is 998. The van der Waals surface area contributed by atoms with E-state index in [9.17, 15) is 14.9 Å². The second-order valence-corrected chi connectivity index (χ2v) is 6.52. The van der Waals surface area contributed by atoms with E-state index in [1.54, 1.807) is 31.5 Å². The van der Waals surface area contributed by atoms with Crippen LogP contribution in [0.25, 0.3) is 0 Å². The maximum atomic E-state index is 12.5. The molecule has 0 aliphatic heterocycles. The predicted molar refractivity (Wildman–Crippen MR) is 105 cm³/mol. The van der Waals surface area contributed by atoms with Crippen molar-refractivity contribution in [2.75, 3.05) is 11.9 Å². The van der Waals surface area contributed by atoms with E-state index in [2.05, 4.69) is 15.3 Å². The molecule has 0 atom stereocenters. The van der Waals surface area contributed by atoms with Crippen LogP contribution in [0.3, 0.4) is 0 Å². The lowest BCUT2D eigenvalue weighted by atomic mass is 10.1. The monoisotopic (exact) mass is 396 g/mol. The van der Waals surface area contributed by atoms with Crippen LogP contribution in [-0.2, 0) is 0 Å². The average molecular weight is 396 g/mol. The molecule has 0 aliphatic rings. The maximum absolute atomic E-state index is 12.5. The van der Waals surface area contributed by atoms with Crippen molar-refractivity contribution in [1.29, 1.82) is 0 Å². The molecule has 0 saturated carbocycles. The first kappa shape index (κ1) is 19.3. The number of hydrogen-bond donors (Lipinski definition) is 1. The summed E-state index contributed by atoms with van der Waals surface area (Å²) >= 11 is 1.36. The Morgan fingerprint density at radius 3 is 2.68 bits per heavy atom. The van der Waals surface area contributed by atoms with Gasteiger partial charge in [-0.3, -0.25) is 14.9 Å². The quantitative estimate of drug-likeness (QED) is 0.471. The van der Waals surface area contributed by atoms with Crippen molar-refractivity contribution in [3.8, 4) is 5.75 Å². The van der Waals surface area contributed by atoms with Gasteiger partial charge in [0.15, 0.2) is 5.75 Å². The zero-order valence-electron chi connectivity index (χ0n) is 14.9. The van der Waals surface area contributed by atoms with E-state index >= 15 is 0 Å². The number of rotatable bonds is 7. The molecule has 0 radical (unpaired) electrons. The molecule has 1 amide bonds. The number of nitro benzene ring substituents is 1. The molecule has 0 bridgehead atoms. The minimum atomic E-state index is -0.574. The van der Waals surface area contributed by atoms with Crippen molar-refractivity contribution >= 4 is 29.0 Å². The van der Waals surface area contributed by atoms with Crippen molar-refractivity contribution < 1.29 is 14.5 Å². The van der Waals surface area contributed by atoms with Crippen LogP contribution >= 0.6 is 11.8 Å². The van der Waals surface area contributed by atoms with Crippen LogP contribution in [-0.4, -0.2) is 27.4 Å². The Hall–Kier alpha value is -3.46. The van der Waals surface area contributed by atoms with Gasteiger partial charge < -0.3 is 10.1 Å². The van der Waals surface area contributed by atoms with Gasteiger partial charge >= 0.3 is 5.69 Å². The standard InChI is InChI=1S/C19H16N4O4S/c1-2-27-16-7-6-13(11-15(16)23(25)26)19(24)22-14-8-10-21-18(12-14)28-17-5-3-4-9-20-17/h3-12H,2H2,1H3,(H,21,22,24). The summed E-state index contributed by atoms with van der Waals surface area (Å²) < 4.78 is 5.23. The molecule has 0 fully saturated rings. The Morgan fingerprint density at radius 2 is 1.96 bits per heavy atom. The molecule has 28 heavy (non-hydrogen) atoms. The molecule has 8 nitrogen and oxygen atoms in total. The zero-order chi connectivity index (χ0) is 19.9. The van der Waals surface area contributed by atoms with Crippen LogP contribution in [0.2, 0.25) is 0 Å². The van der Waals surface area contributed by atoms with Crippen molar-refractivity contribution in [3.63, 3.8) is 0 Å². The van der Waals surface area contributed by atoms with Gasteiger partial charge in [0, 0.05) is 29.7 Å². The number of pyridine rings is 2. The molecule has 1 aromatic carbocycles. The molecule has 3 rings (SSSR count). The molecule has 2 aromatic heterocycles. The molecule has 142 valence electrons. The van der Waals surface area contributed by atoms with Crippen molar-refractivity contribution in [2.24, 2.45) is 0 Å². The van der Waals surface area contributed by atoms with Crippen molar-refractivity contribution in [2.45, 2.75) is 17.0 Å². The summed E-state index contributed by atoms with van der Waals surface area (Å²) in [5.41, 5.74) is 0.427. The van der Waals surface area contributed by atoms with Gasteiger partial charge in [-0.25, -0.2) is 9.97 Å². The summed E-state index contributed by atoms with van der Waals surface area (Å²) in [6.45, 7) is 2.02. The molecule has 3 aromatic rings. The van der Waals surface area contributed by atoms with Crippen LogP contribution in [0.1, 0.15) is 17.3 Å². The number of aromatic nitrogens is 2. The number of carbonyl (C=O) groups is 1. The largest absolute Gasteiger partial charge is 0.487 e. The Kier molecular flexibility index (Phi) is 6.18. The van der Waals surface area contributed by atoms with Crippen LogP contribution in [0.15, 0.2) is 71.0 Å². The highest BCUT2D eigenvalue weighted by Gasteiger charge is 2.18. The number of nitrogens with zero attached hydrogens (tertiary/aromatic N) is 3. The van der Waals surface area contributed by atoms with Gasteiger partial charge in [0.1, 0.15) is 10.1 Å². The number of hydrogen-bond acceptors (Lipinski definition) is 7. The number of carbonyl (C=O) groups excluding carboxylic acids is 1. The minimum absolute atomic E-state index is 0.127. The van der Waals surface area contributed by atoms with E-state index in [0.717, 1.165) is 5.03 Å². The molecular weight excluding hydrogens is 380 g/mol. The Morgan fingerprint density at radius 1 is 1.14 bits per heavy atom. The number of benzene rings is 1. The number of nitrogens with one attached hydrogen (secondary N) is 1. The molecule has 1 N–H and O–H groups in total. The normalized spacial score (nSPS) is 10.3. The molecule has 9 heteroatoms. The van der Waals surface area contributed by atoms with Crippen LogP contribution in [0.4, 0.5) is 11.4 Å². The number of amides is 1. The second-order valence-electron chi connectivity index (χ2n) is 5.48. The zero-order valence-corrected chi connectivity index (χ0v) is 15.7. The van der Waals surface area contributed by atoms with E-state index in [1.165, 1.54) is 30.0 Å². The first-order chi connectivity index (χ1) is 13.6. The van der Waals surface area contributed by atoms with Gasteiger partial charge in [-0.2, -0.15) is 0 Å². The fraction of sp³-hybridized carbons (Fsp3) is 0.105. The molecule has 0 spiro atoms. The lowest BCUT2D eigenvalue weighted by Crippen LogP contribution is -2.12. The molecule has 0 aliphatic carbocycles. The van der Waals surface area contributed by atoms with E-state index in [-0.39, 0.29) is 17.0 Å². The smallest absolute Gasteiger partial charge is 0.311 e. The van der Waals surface area contributed by atoms with E-state index in [1.807, 2.05) is 18.2 Å². The summed E-state index contributed by atoms with van der Waals surface area (Å²) in [6, 6.07) is 13.0. The summed E-state index contributed by atoms with van der Waals surface area (Å²) in [4.78, 5) is 31.6. The maximum Gasteiger partial charge on any atom is 0.311 e. The average Bonchev–Trinajstić information content (AvgIpc) is 2.69. The lowest BCUT2D eigenvalue weighted by Gasteiger charge is -2.08. The predicted octanol–water partition coefficient (Wildman–Crippen LogP) is 4.19. The van der Waals surface area contributed by atoms with Gasteiger partial charge in [0.2, 0.25) is 0 Å². The summed E-state index contributed by atoms with van der Waals surface area (Å²) in [5, 5.41) is 15.4. The van der Waals surface area contributed by atoms with E-state index in [0.29, 0.717) is 17.3 Å². The minimum Gasteiger partial charge on any atom is -0.487 e. The lowest BCUT2D eigenvalue weighted by molar-refractivity contribution is -0.385. The van der Waals surface area contributed by atoms with Crippen LogP contribution < -0.4 is 10.1 Å². The number of nitro groups is 1. The molecule has 0 unspecified atom stereocenters. The van der Waals surface area contributed by atoms with Gasteiger partial charge in [0.25, 0.3) is 5.91 Å². The van der Waals surface area contributed by atoms with Crippen molar-refractivity contribution in [3.05, 3.63) is 76.6 Å². The van der Waals surface area contributed by atoms with E-state index < -0.39 is 10.8 Å². The SMILES string of the molecule is CCOc1ccc(C(=O)Nc2ccnc(Sc3ccccn3)c2)cc1[N+](=O)[O-]. The third-order valence-electron chi connectivity index (χ3n) is 3.56. The Balaban J connectivity index is 1.77. The van der Waals surface area contributed by atoms with Crippen molar-refractivity contribution in [1.82, 2.24) is 9.97 Å². The second kappa shape index (κ2) is 8.96. The highest BCUT2D eigenvalue weighted by Crippen LogP contribution is 2.29. The van der Waals surface area contributed by atoms with Crippen LogP contribution in [0, 0.1) is 10.1 Å². The summed E-state index contributed by atoms with van der Waals surface area (Å²) in [7, 11) is 0. The van der Waals surface area contributed by atoms with E-state index in [4.69, 9.17) is 4.74 Å². The van der Waals surface area contributed by atoms with Gasteiger partial charge in [-0.15, -0.1) is 0 Å². The molecule has 0 saturated heterocycles. The van der Waals surface area contributed by atoms with Crippen LogP contribution in [0.5, 0.6) is 5.75 Å². The third-order valence-corrected chi connectivity index (χ3v) is 4.44. The molecular formula is C19H16N4O4S. The number of anilines is 1. The highest BCUT2D eigenvalue weighted by atomic mass is 32.2. The first-order valence-corrected chi connectivity index (χ1v) is 9.16. The fourth-order valence-electron chi connectivity index (χ4n) is 2.34. The Labute approximate surface area is 165 Å². The third kappa shape index (κ3) is 4.83. The summed E-state index contributed by atoms with van der Waals surface area (Å²) in [6.07, 6.45) is 3.26. The topological polar surface area (TPSA) is 107 Å². The number of ether oxygens (including phenoxy) is 1. The first-order valence-electron chi connectivity index (χ1n) is 8.34. The molecule has 2 heterocycles. The van der Waals surface area contributed by atoms with Gasteiger partial charge in [-0.1, -0.05) is 17.8 Å². The van der Waals surface area contributed by atoms with Gasteiger partial charge in [-0.05, 0) is 43.3 Å². The summed E-state index contributed by atoms with van der Waals surface area (Å²) in [5.74, 6) is -0.340. The van der Waals surface area contributed by atoms with Gasteiger partial charge in [0.05, 0.1) is 11.5 Å². The fourth-order valence-corrected chi connectivity index (χ4v) is 3.11. The highest BCUT2D eigenvalue weighted by molar-refractivity contribution is 7.99.